The van der Waals surface area contributed by atoms with E-state index in [2.05, 4.69) is 13.8 Å². The van der Waals surface area contributed by atoms with Crippen LogP contribution in [0.1, 0.15) is 26.7 Å². The fourth-order valence-electron chi connectivity index (χ4n) is 2.96. The van der Waals surface area contributed by atoms with E-state index < -0.39 is 0 Å². The molecule has 5 unspecified atom stereocenters. The molecule has 0 aromatic rings. The average Bonchev–Trinajstić information content (AvgIpc) is 2.42. The molecule has 70 valence electrons. The van der Waals surface area contributed by atoms with Crippen molar-refractivity contribution in [2.24, 2.45) is 17.8 Å². The highest BCUT2D eigenvalue weighted by Crippen LogP contribution is 2.44. The fourth-order valence-corrected chi connectivity index (χ4v) is 2.96. The maximum atomic E-state index is 9.74. The summed E-state index contributed by atoms with van der Waals surface area (Å²) in [7, 11) is 0. The summed E-state index contributed by atoms with van der Waals surface area (Å²) in [5.74, 6) is 1.81. The highest BCUT2D eigenvalue weighted by atomic mass is 16.5. The van der Waals surface area contributed by atoms with Crippen LogP contribution in [0.4, 0.5) is 0 Å². The van der Waals surface area contributed by atoms with E-state index >= 15 is 0 Å². The summed E-state index contributed by atoms with van der Waals surface area (Å²) in [5.41, 5.74) is 0. The lowest BCUT2D eigenvalue weighted by molar-refractivity contribution is -0.116. The summed E-state index contributed by atoms with van der Waals surface area (Å²) in [6, 6.07) is 0. The lowest BCUT2D eigenvalue weighted by Crippen LogP contribution is -2.43. The smallest absolute Gasteiger partial charge is 0.0808 e. The topological polar surface area (TPSA) is 29.5 Å². The van der Waals surface area contributed by atoms with E-state index in [1.807, 2.05) is 0 Å². The zero-order valence-corrected chi connectivity index (χ0v) is 7.86. The van der Waals surface area contributed by atoms with Crippen molar-refractivity contribution >= 4 is 0 Å². The van der Waals surface area contributed by atoms with Crippen LogP contribution in [0.2, 0.25) is 0 Å². The van der Waals surface area contributed by atoms with Crippen LogP contribution in [0.15, 0.2) is 0 Å². The molecule has 1 saturated heterocycles. The van der Waals surface area contributed by atoms with Gasteiger partial charge in [-0.25, -0.2) is 0 Å². The largest absolute Gasteiger partial charge is 0.390 e. The van der Waals surface area contributed by atoms with E-state index in [0.717, 1.165) is 0 Å². The first-order valence-corrected chi connectivity index (χ1v) is 5.00. The van der Waals surface area contributed by atoms with Gasteiger partial charge in [-0.3, -0.25) is 0 Å². The summed E-state index contributed by atoms with van der Waals surface area (Å²) >= 11 is 0. The second-order valence-electron chi connectivity index (χ2n) is 4.40. The molecule has 2 rings (SSSR count). The van der Waals surface area contributed by atoms with Crippen molar-refractivity contribution in [1.29, 1.82) is 0 Å². The van der Waals surface area contributed by atoms with Gasteiger partial charge >= 0.3 is 0 Å². The molecular formula is C10H18O2. The van der Waals surface area contributed by atoms with Gasteiger partial charge in [0.05, 0.1) is 18.8 Å². The number of aliphatic hydroxyl groups excluding tert-OH is 1. The van der Waals surface area contributed by atoms with Crippen molar-refractivity contribution in [2.75, 3.05) is 6.61 Å². The molecule has 0 spiro atoms. The molecule has 2 aliphatic rings. The third kappa shape index (κ3) is 1.17. The molecule has 0 radical (unpaired) electrons. The van der Waals surface area contributed by atoms with Crippen molar-refractivity contribution in [3.63, 3.8) is 0 Å². The van der Waals surface area contributed by atoms with Crippen LogP contribution in [-0.2, 0) is 4.74 Å². The maximum Gasteiger partial charge on any atom is 0.0808 e. The Morgan fingerprint density at radius 2 is 2.00 bits per heavy atom. The molecule has 0 bridgehead atoms. The minimum Gasteiger partial charge on any atom is -0.390 e. The molecule has 2 heteroatoms. The molecule has 0 aromatic carbocycles. The minimum absolute atomic E-state index is 0.205. The first-order valence-electron chi connectivity index (χ1n) is 5.00. The number of rotatable bonds is 0. The molecule has 2 fully saturated rings. The Labute approximate surface area is 73.9 Å². The molecule has 1 aliphatic heterocycles. The lowest BCUT2D eigenvalue weighted by Gasteiger charge is -2.37. The van der Waals surface area contributed by atoms with Crippen LogP contribution in [-0.4, -0.2) is 23.9 Å². The Kier molecular flexibility index (Phi) is 2.13. The van der Waals surface area contributed by atoms with Gasteiger partial charge in [-0.1, -0.05) is 6.92 Å². The summed E-state index contributed by atoms with van der Waals surface area (Å²) in [6.07, 6.45) is 2.66. The Balaban J connectivity index is 2.13. The van der Waals surface area contributed by atoms with Gasteiger partial charge in [0.1, 0.15) is 0 Å². The van der Waals surface area contributed by atoms with Crippen LogP contribution in [0, 0.1) is 17.8 Å². The number of fused-ring (bicyclic) bond motifs is 1. The van der Waals surface area contributed by atoms with Gasteiger partial charge in [-0.2, -0.15) is 0 Å². The Hall–Kier alpha value is -0.0800. The van der Waals surface area contributed by atoms with Gasteiger partial charge in [0.15, 0.2) is 0 Å². The Morgan fingerprint density at radius 3 is 2.67 bits per heavy atom. The molecule has 12 heavy (non-hydrogen) atoms. The van der Waals surface area contributed by atoms with E-state index in [1.54, 1.807) is 0 Å². The first-order chi connectivity index (χ1) is 5.70. The van der Waals surface area contributed by atoms with Crippen molar-refractivity contribution in [3.8, 4) is 0 Å². The first kappa shape index (κ1) is 8.52. The van der Waals surface area contributed by atoms with E-state index in [0.29, 0.717) is 30.5 Å². The summed E-state index contributed by atoms with van der Waals surface area (Å²) in [5, 5.41) is 9.74. The molecule has 2 nitrogen and oxygen atoms in total. The summed E-state index contributed by atoms with van der Waals surface area (Å²) in [6.45, 7) is 4.94. The van der Waals surface area contributed by atoms with Crippen molar-refractivity contribution in [2.45, 2.75) is 38.9 Å². The molecular weight excluding hydrogens is 152 g/mol. The van der Waals surface area contributed by atoms with Gasteiger partial charge in [0, 0.05) is 0 Å². The van der Waals surface area contributed by atoms with Crippen LogP contribution < -0.4 is 0 Å². The molecule has 1 heterocycles. The molecule has 0 amide bonds. The predicted octanol–water partition coefficient (Wildman–Crippen LogP) is 1.43. The second-order valence-corrected chi connectivity index (χ2v) is 4.40. The fraction of sp³-hybridized carbons (Fsp3) is 1.00. The molecule has 0 aromatic heterocycles. The van der Waals surface area contributed by atoms with Crippen molar-refractivity contribution < 1.29 is 9.84 Å². The molecule has 1 aliphatic carbocycles. The Bertz CT molecular complexity index is 169. The molecule has 1 N–H and O–H groups in total. The van der Waals surface area contributed by atoms with Gasteiger partial charge in [0.25, 0.3) is 0 Å². The van der Waals surface area contributed by atoms with E-state index in [1.165, 1.54) is 12.8 Å². The number of ether oxygens (including phenoxy) is 1. The highest BCUT2D eigenvalue weighted by Gasteiger charge is 2.44. The van der Waals surface area contributed by atoms with E-state index in [4.69, 9.17) is 4.74 Å². The monoisotopic (exact) mass is 170 g/mol. The van der Waals surface area contributed by atoms with Crippen LogP contribution >= 0.6 is 0 Å². The third-order valence-corrected chi connectivity index (χ3v) is 3.68. The summed E-state index contributed by atoms with van der Waals surface area (Å²) in [4.78, 5) is 0. The van der Waals surface area contributed by atoms with Gasteiger partial charge in [-0.05, 0) is 37.5 Å². The maximum absolute atomic E-state index is 9.74. The van der Waals surface area contributed by atoms with Crippen LogP contribution in [0.25, 0.3) is 0 Å². The normalized spacial score (nSPS) is 53.8. The van der Waals surface area contributed by atoms with Crippen molar-refractivity contribution in [3.05, 3.63) is 0 Å². The number of aliphatic hydroxyl groups is 1. The molecule has 5 atom stereocenters. The molecule has 1 saturated carbocycles. The number of hydrogen-bond acceptors (Lipinski definition) is 2. The zero-order valence-electron chi connectivity index (χ0n) is 7.86. The predicted molar refractivity (Wildman–Crippen MR) is 46.8 cm³/mol. The highest BCUT2D eigenvalue weighted by molar-refractivity contribution is 4.92. The SMILES string of the molecule is CC1CCC2C(C)OCC(O)C12. The van der Waals surface area contributed by atoms with E-state index in [-0.39, 0.29) is 6.10 Å². The average molecular weight is 170 g/mol. The lowest BCUT2D eigenvalue weighted by atomic mass is 9.81. The van der Waals surface area contributed by atoms with Gasteiger partial charge < -0.3 is 9.84 Å². The quantitative estimate of drug-likeness (QED) is 0.596. The van der Waals surface area contributed by atoms with Crippen LogP contribution in [0.5, 0.6) is 0 Å². The minimum atomic E-state index is -0.205. The number of hydrogen-bond donors (Lipinski definition) is 1. The Morgan fingerprint density at radius 1 is 1.25 bits per heavy atom. The van der Waals surface area contributed by atoms with Gasteiger partial charge in [0.2, 0.25) is 0 Å². The second kappa shape index (κ2) is 3.00. The zero-order chi connectivity index (χ0) is 8.72. The van der Waals surface area contributed by atoms with Crippen molar-refractivity contribution in [1.82, 2.24) is 0 Å². The summed E-state index contributed by atoms with van der Waals surface area (Å²) < 4.78 is 5.50. The van der Waals surface area contributed by atoms with E-state index in [9.17, 15) is 5.11 Å². The standard InChI is InChI=1S/C10H18O2/c1-6-3-4-8-7(2)12-5-9(11)10(6)8/h6-11H,3-5H2,1-2H3. The van der Waals surface area contributed by atoms with Crippen LogP contribution in [0.3, 0.4) is 0 Å². The third-order valence-electron chi connectivity index (χ3n) is 3.68. The van der Waals surface area contributed by atoms with Gasteiger partial charge in [-0.15, -0.1) is 0 Å².